The number of nitrogens with two attached hydrogens (primary N) is 1. The molecule has 1 saturated heterocycles. The van der Waals surface area contributed by atoms with E-state index < -0.39 is 47.6 Å². The summed E-state index contributed by atoms with van der Waals surface area (Å²) in [4.78, 5) is 24.7. The Labute approximate surface area is 202 Å². The third kappa shape index (κ3) is 5.11. The molecule has 0 aliphatic carbocycles. The van der Waals surface area contributed by atoms with Gasteiger partial charge in [0.25, 0.3) is 6.02 Å². The van der Waals surface area contributed by atoms with Crippen molar-refractivity contribution in [2.45, 2.75) is 50.4 Å². The number of Topliss-reactive ketones (excluding diaryl/α,β-unsaturated/α-hetero) is 1. The highest BCUT2D eigenvalue weighted by atomic mass is 19.4. The smallest absolute Gasteiger partial charge is 0.415 e. The van der Waals surface area contributed by atoms with Crippen molar-refractivity contribution in [2.75, 3.05) is 13.2 Å². The highest BCUT2D eigenvalue weighted by Gasteiger charge is 2.62. The maximum absolute atomic E-state index is 15.0. The number of ketones is 1. The highest BCUT2D eigenvalue weighted by molar-refractivity contribution is 5.95. The number of hydrogen-bond donors (Lipinski definition) is 1. The first-order valence-electron chi connectivity index (χ1n) is 11.0. The molecule has 1 aromatic heterocycles. The van der Waals surface area contributed by atoms with Crippen LogP contribution in [0.1, 0.15) is 35.5 Å². The molecule has 1 fully saturated rings. The number of amidine groups is 1. The van der Waals surface area contributed by atoms with Gasteiger partial charge in [0.05, 0.1) is 24.9 Å². The zero-order chi connectivity index (χ0) is 26.3. The fourth-order valence-corrected chi connectivity index (χ4v) is 4.47. The van der Waals surface area contributed by atoms with Gasteiger partial charge in [0.15, 0.2) is 11.9 Å². The molecule has 3 heterocycles. The van der Waals surface area contributed by atoms with Gasteiger partial charge in [0.1, 0.15) is 35.9 Å². The van der Waals surface area contributed by atoms with E-state index in [9.17, 15) is 22.4 Å². The number of aromatic nitrogens is 2. The summed E-state index contributed by atoms with van der Waals surface area (Å²) in [6.07, 6.45) is -7.20. The summed E-state index contributed by atoms with van der Waals surface area (Å²) in [5.41, 5.74) is 4.05. The fraction of sp³-hybridized carbons (Fsp3) is 0.478. The summed E-state index contributed by atoms with van der Waals surface area (Å²) in [5, 5.41) is 0. The number of carbonyl (C=O) groups is 1. The molecule has 0 amide bonds. The molecule has 0 spiro atoms. The lowest BCUT2D eigenvalue weighted by molar-refractivity contribution is -0.222. The number of ether oxygens (including phenoxy) is 3. The molecule has 2 aliphatic rings. The molecular formula is C23H23F5N4O4. The van der Waals surface area contributed by atoms with Crippen LogP contribution in [0.25, 0.3) is 0 Å². The second-order valence-corrected chi connectivity index (χ2v) is 8.82. The number of nitrogens with zero attached hydrogens (tertiary/aromatic N) is 3. The number of benzene rings is 1. The van der Waals surface area contributed by atoms with Crippen LogP contribution in [0.2, 0.25) is 0 Å². The number of halogens is 5. The molecule has 1 aromatic carbocycles. The molecule has 5 atom stereocenters. The van der Waals surface area contributed by atoms with Crippen molar-refractivity contribution in [3.63, 3.8) is 0 Å². The Balaban J connectivity index is 1.61. The summed E-state index contributed by atoms with van der Waals surface area (Å²) in [6, 6.07) is 3.29. The van der Waals surface area contributed by atoms with Crippen molar-refractivity contribution in [3.8, 4) is 5.88 Å². The van der Waals surface area contributed by atoms with Gasteiger partial charge in [-0.1, -0.05) is 6.07 Å². The van der Waals surface area contributed by atoms with Gasteiger partial charge in [-0.25, -0.2) is 23.7 Å². The Bertz CT molecular complexity index is 1160. The first kappa shape index (κ1) is 25.7. The van der Waals surface area contributed by atoms with Gasteiger partial charge in [-0.05, 0) is 31.5 Å². The predicted molar refractivity (Wildman–Crippen MR) is 116 cm³/mol. The van der Waals surface area contributed by atoms with E-state index in [1.54, 1.807) is 0 Å². The quantitative estimate of drug-likeness (QED) is 0.446. The lowest BCUT2D eigenvalue weighted by Crippen LogP contribution is -2.52. The normalized spacial score (nSPS) is 26.5. The van der Waals surface area contributed by atoms with E-state index in [1.165, 1.54) is 32.2 Å². The third-order valence-electron chi connectivity index (χ3n) is 6.07. The molecule has 0 bridgehead atoms. The largest absolute Gasteiger partial charge is 0.473 e. The maximum atomic E-state index is 15.0. The van der Waals surface area contributed by atoms with Crippen molar-refractivity contribution < 1.29 is 41.0 Å². The number of aliphatic imine (C=N–C) groups is 1. The number of rotatable bonds is 7. The van der Waals surface area contributed by atoms with Gasteiger partial charge >= 0.3 is 6.18 Å². The zero-order valence-corrected chi connectivity index (χ0v) is 19.3. The zero-order valence-electron chi connectivity index (χ0n) is 19.3. The molecule has 2 aromatic rings. The minimum absolute atomic E-state index is 0.0255. The Kier molecular flexibility index (Phi) is 6.86. The molecule has 0 radical (unpaired) electrons. The van der Waals surface area contributed by atoms with Crippen molar-refractivity contribution in [2.24, 2.45) is 16.6 Å². The average molecular weight is 514 g/mol. The van der Waals surface area contributed by atoms with E-state index in [1.807, 2.05) is 0 Å². The fourth-order valence-electron chi connectivity index (χ4n) is 4.47. The van der Waals surface area contributed by atoms with E-state index in [-0.39, 0.29) is 42.8 Å². The maximum Gasteiger partial charge on any atom is 0.415 e. The molecule has 36 heavy (non-hydrogen) atoms. The standard InChI is InChI=1S/C23H23F5N4O4/c1-11(24)9-34-18-8-30-15(7-31-18)16(33)6-12-3-4-14(25)13(5-12)22(2)19-17(36-21(29)32-22)10-35-20(19)23(26,27)28/h3-5,7-8,11,17,19-20H,6,9-10H2,1-2H3,(H2,29,32)/t11-,17-,19-,20-,22-/m1/s1. The molecular weight excluding hydrogens is 491 g/mol. The number of hydrogen-bond acceptors (Lipinski definition) is 8. The number of alkyl halides is 4. The second-order valence-electron chi connectivity index (χ2n) is 8.82. The van der Waals surface area contributed by atoms with Gasteiger partial charge in [0, 0.05) is 12.0 Å². The van der Waals surface area contributed by atoms with Crippen molar-refractivity contribution in [1.29, 1.82) is 0 Å². The van der Waals surface area contributed by atoms with Crippen LogP contribution in [0, 0.1) is 11.7 Å². The SMILES string of the molecule is C[C@@H](F)COc1cnc(C(=O)Cc2ccc(F)c([C@@]3(C)N=C(N)O[C@@H]4CO[C@@H](C(F)(F)F)[C@@H]43)c2)cn1. The molecule has 194 valence electrons. The van der Waals surface area contributed by atoms with E-state index in [2.05, 4.69) is 15.0 Å². The van der Waals surface area contributed by atoms with Crippen LogP contribution in [0.3, 0.4) is 0 Å². The summed E-state index contributed by atoms with van der Waals surface area (Å²) in [5.74, 6) is -2.67. The van der Waals surface area contributed by atoms with Crippen molar-refractivity contribution in [3.05, 3.63) is 53.2 Å². The Morgan fingerprint density at radius 3 is 2.69 bits per heavy atom. The monoisotopic (exact) mass is 514 g/mol. The minimum atomic E-state index is -4.74. The first-order chi connectivity index (χ1) is 16.9. The Morgan fingerprint density at radius 2 is 2.06 bits per heavy atom. The molecule has 2 N–H and O–H groups in total. The van der Waals surface area contributed by atoms with E-state index in [0.29, 0.717) is 5.56 Å². The van der Waals surface area contributed by atoms with Crippen molar-refractivity contribution >= 4 is 11.8 Å². The lowest BCUT2D eigenvalue weighted by Gasteiger charge is -2.41. The molecule has 2 aliphatic heterocycles. The van der Waals surface area contributed by atoms with Gasteiger partial charge in [-0.2, -0.15) is 13.2 Å². The van der Waals surface area contributed by atoms with E-state index >= 15 is 4.39 Å². The molecule has 8 nitrogen and oxygen atoms in total. The summed E-state index contributed by atoms with van der Waals surface area (Å²) in [6.45, 7) is 2.04. The molecule has 13 heteroatoms. The van der Waals surface area contributed by atoms with Crippen molar-refractivity contribution in [1.82, 2.24) is 9.97 Å². The van der Waals surface area contributed by atoms with E-state index in [0.717, 1.165) is 12.3 Å². The van der Waals surface area contributed by atoms with Gasteiger partial charge in [0.2, 0.25) is 5.88 Å². The first-order valence-corrected chi connectivity index (χ1v) is 11.0. The van der Waals surface area contributed by atoms with Crippen LogP contribution >= 0.6 is 0 Å². The Morgan fingerprint density at radius 1 is 1.31 bits per heavy atom. The van der Waals surface area contributed by atoms with Gasteiger partial charge < -0.3 is 19.9 Å². The van der Waals surface area contributed by atoms with Crippen LogP contribution < -0.4 is 10.5 Å². The van der Waals surface area contributed by atoms with Gasteiger partial charge in [-0.3, -0.25) is 4.79 Å². The minimum Gasteiger partial charge on any atom is -0.473 e. The topological polar surface area (TPSA) is 109 Å². The third-order valence-corrected chi connectivity index (χ3v) is 6.07. The van der Waals surface area contributed by atoms with Crippen LogP contribution in [0.4, 0.5) is 22.0 Å². The summed E-state index contributed by atoms with van der Waals surface area (Å²) in [7, 11) is 0. The predicted octanol–water partition coefficient (Wildman–Crippen LogP) is 3.28. The number of carbonyl (C=O) groups excluding carboxylic acids is 1. The van der Waals surface area contributed by atoms with Crippen LogP contribution in [-0.2, 0) is 21.4 Å². The molecule has 0 saturated carbocycles. The molecule has 4 rings (SSSR count). The number of fused-ring (bicyclic) bond motifs is 1. The Hall–Kier alpha value is -3.35. The van der Waals surface area contributed by atoms with Crippen LogP contribution in [0.5, 0.6) is 5.88 Å². The molecule has 0 unspecified atom stereocenters. The summed E-state index contributed by atoms with van der Waals surface area (Å²) < 4.78 is 84.3. The average Bonchev–Trinajstić information content (AvgIpc) is 3.24. The van der Waals surface area contributed by atoms with Crippen LogP contribution in [0.15, 0.2) is 35.6 Å². The summed E-state index contributed by atoms with van der Waals surface area (Å²) >= 11 is 0. The highest BCUT2D eigenvalue weighted by Crippen LogP contribution is 2.50. The second kappa shape index (κ2) is 9.60. The lowest BCUT2D eigenvalue weighted by atomic mass is 9.73. The van der Waals surface area contributed by atoms with Gasteiger partial charge in [-0.15, -0.1) is 0 Å². The van der Waals surface area contributed by atoms with E-state index in [4.69, 9.17) is 19.9 Å². The van der Waals surface area contributed by atoms with Crippen LogP contribution in [-0.4, -0.2) is 59.5 Å².